The van der Waals surface area contributed by atoms with E-state index >= 15 is 0 Å². The van der Waals surface area contributed by atoms with Crippen LogP contribution in [-0.4, -0.2) is 5.11 Å². The number of aliphatic hydroxyl groups is 1. The minimum Gasteiger partial charge on any atom is -0.382 e. The van der Waals surface area contributed by atoms with E-state index in [0.717, 1.165) is 5.56 Å². The molecule has 1 radical (unpaired) electrons. The number of aliphatic hydroxyl groups excluding tert-OH is 1. The molecule has 0 heterocycles. The normalized spacial score (nSPS) is 10.4. The fourth-order valence-electron chi connectivity index (χ4n) is 0.714. The van der Waals surface area contributed by atoms with E-state index in [1.807, 2.05) is 0 Å². The summed E-state index contributed by atoms with van der Waals surface area (Å²) in [5.41, 5.74) is 0.771. The second-order valence-corrected chi connectivity index (χ2v) is 2.53. The lowest BCUT2D eigenvalue weighted by molar-refractivity contribution is 0.341. The van der Waals surface area contributed by atoms with Crippen LogP contribution in [0, 0.1) is 6.10 Å². The zero-order valence-corrected chi connectivity index (χ0v) is 6.39. The van der Waals surface area contributed by atoms with E-state index in [-0.39, 0.29) is 0 Å². The standard InChI is InChI=1S/C8H8ClO/c1-6(10)7-3-2-4-8(9)5-7/h2-5,10H,1H3. The van der Waals surface area contributed by atoms with Gasteiger partial charge in [-0.25, -0.2) is 0 Å². The van der Waals surface area contributed by atoms with Crippen molar-refractivity contribution in [3.63, 3.8) is 0 Å². The Morgan fingerprint density at radius 2 is 2.20 bits per heavy atom. The van der Waals surface area contributed by atoms with Crippen LogP contribution in [0.5, 0.6) is 0 Å². The molecule has 53 valence electrons. The van der Waals surface area contributed by atoms with Gasteiger partial charge in [-0.2, -0.15) is 0 Å². The van der Waals surface area contributed by atoms with Gasteiger partial charge < -0.3 is 5.11 Å². The molecule has 0 aliphatic heterocycles. The summed E-state index contributed by atoms with van der Waals surface area (Å²) in [5, 5.41) is 9.65. The van der Waals surface area contributed by atoms with E-state index in [4.69, 9.17) is 16.7 Å². The van der Waals surface area contributed by atoms with Gasteiger partial charge in [0.1, 0.15) is 6.10 Å². The van der Waals surface area contributed by atoms with Crippen molar-refractivity contribution in [2.24, 2.45) is 0 Å². The third-order valence-electron chi connectivity index (χ3n) is 1.24. The summed E-state index contributed by atoms with van der Waals surface area (Å²) < 4.78 is 0. The van der Waals surface area contributed by atoms with E-state index in [0.29, 0.717) is 11.1 Å². The molecule has 1 N–H and O–H groups in total. The third kappa shape index (κ3) is 1.72. The summed E-state index contributed by atoms with van der Waals surface area (Å²) in [4.78, 5) is 0. The Balaban J connectivity index is 2.96. The molecule has 0 saturated carbocycles. The maximum Gasteiger partial charge on any atom is 0.119 e. The fourth-order valence-corrected chi connectivity index (χ4v) is 0.904. The summed E-state index contributed by atoms with van der Waals surface area (Å²) in [6.45, 7) is 1.63. The van der Waals surface area contributed by atoms with Gasteiger partial charge in [-0.1, -0.05) is 23.7 Å². The monoisotopic (exact) mass is 155 g/mol. The minimum atomic E-state index is 0.294. The van der Waals surface area contributed by atoms with Crippen LogP contribution < -0.4 is 0 Å². The van der Waals surface area contributed by atoms with Crippen molar-refractivity contribution in [1.82, 2.24) is 0 Å². The van der Waals surface area contributed by atoms with Crippen LogP contribution in [0.2, 0.25) is 5.02 Å². The van der Waals surface area contributed by atoms with Gasteiger partial charge in [-0.05, 0) is 24.6 Å². The molecular weight excluding hydrogens is 148 g/mol. The quantitative estimate of drug-likeness (QED) is 0.661. The highest BCUT2D eigenvalue weighted by Crippen LogP contribution is 2.15. The zero-order chi connectivity index (χ0) is 7.56. The van der Waals surface area contributed by atoms with Crippen molar-refractivity contribution in [3.8, 4) is 0 Å². The molecular formula is C8H8ClO. The highest BCUT2D eigenvalue weighted by atomic mass is 35.5. The lowest BCUT2D eigenvalue weighted by Gasteiger charge is -2.01. The van der Waals surface area contributed by atoms with Crippen molar-refractivity contribution in [1.29, 1.82) is 0 Å². The van der Waals surface area contributed by atoms with Gasteiger partial charge >= 0.3 is 0 Å². The molecule has 0 fully saturated rings. The lowest BCUT2D eigenvalue weighted by Crippen LogP contribution is -1.90. The van der Waals surface area contributed by atoms with Crippen LogP contribution >= 0.6 is 11.6 Å². The Morgan fingerprint density at radius 1 is 1.50 bits per heavy atom. The third-order valence-corrected chi connectivity index (χ3v) is 1.48. The number of halogens is 1. The second kappa shape index (κ2) is 3.04. The van der Waals surface area contributed by atoms with Gasteiger partial charge in [0.05, 0.1) is 0 Å². The van der Waals surface area contributed by atoms with Crippen LogP contribution in [-0.2, 0) is 0 Å². The number of hydrogen-bond donors (Lipinski definition) is 1. The maximum absolute atomic E-state index is 9.01. The zero-order valence-electron chi connectivity index (χ0n) is 5.63. The molecule has 0 unspecified atom stereocenters. The summed E-state index contributed by atoms with van der Waals surface area (Å²) in [7, 11) is 0. The van der Waals surface area contributed by atoms with Gasteiger partial charge in [0.25, 0.3) is 0 Å². The smallest absolute Gasteiger partial charge is 0.119 e. The number of rotatable bonds is 1. The molecule has 0 amide bonds. The molecule has 1 nitrogen and oxygen atoms in total. The van der Waals surface area contributed by atoms with E-state index in [9.17, 15) is 0 Å². The molecule has 1 aromatic rings. The summed E-state index contributed by atoms with van der Waals surface area (Å²) in [6.07, 6.45) is 0.294. The first kappa shape index (κ1) is 7.58. The minimum absolute atomic E-state index is 0.294. The Labute approximate surface area is 65.3 Å². The van der Waals surface area contributed by atoms with Crippen molar-refractivity contribution >= 4 is 11.6 Å². The Kier molecular flexibility index (Phi) is 2.30. The predicted octanol–water partition coefficient (Wildman–Crippen LogP) is 2.61. The molecule has 0 spiro atoms. The molecule has 0 atom stereocenters. The van der Waals surface area contributed by atoms with Crippen LogP contribution in [0.15, 0.2) is 24.3 Å². The predicted molar refractivity (Wildman–Crippen MR) is 41.4 cm³/mol. The van der Waals surface area contributed by atoms with Crippen molar-refractivity contribution < 1.29 is 5.11 Å². The number of benzene rings is 1. The van der Waals surface area contributed by atoms with Crippen molar-refractivity contribution in [3.05, 3.63) is 41.0 Å². The molecule has 10 heavy (non-hydrogen) atoms. The van der Waals surface area contributed by atoms with Crippen molar-refractivity contribution in [2.75, 3.05) is 0 Å². The molecule has 1 rings (SSSR count). The van der Waals surface area contributed by atoms with E-state index < -0.39 is 0 Å². The highest BCUT2D eigenvalue weighted by molar-refractivity contribution is 6.30. The Bertz CT molecular complexity index is 220. The first-order chi connectivity index (χ1) is 4.70. The molecule has 1 aromatic carbocycles. The second-order valence-electron chi connectivity index (χ2n) is 2.10. The van der Waals surface area contributed by atoms with E-state index in [2.05, 4.69) is 0 Å². The van der Waals surface area contributed by atoms with E-state index in [1.54, 1.807) is 31.2 Å². The van der Waals surface area contributed by atoms with Crippen LogP contribution in [0.3, 0.4) is 0 Å². The highest BCUT2D eigenvalue weighted by Gasteiger charge is 2.00. The van der Waals surface area contributed by atoms with Gasteiger partial charge in [0.15, 0.2) is 0 Å². The average Bonchev–Trinajstić information content (AvgIpc) is 1.88. The largest absolute Gasteiger partial charge is 0.382 e. The van der Waals surface area contributed by atoms with Crippen molar-refractivity contribution in [2.45, 2.75) is 6.92 Å². The average molecular weight is 156 g/mol. The Morgan fingerprint density at radius 3 is 2.60 bits per heavy atom. The molecule has 0 aliphatic rings. The van der Waals surface area contributed by atoms with Gasteiger partial charge in [0, 0.05) is 5.02 Å². The molecule has 2 heteroatoms. The topological polar surface area (TPSA) is 20.2 Å². The van der Waals surface area contributed by atoms with Gasteiger partial charge in [0.2, 0.25) is 0 Å². The summed E-state index contributed by atoms with van der Waals surface area (Å²) in [5.74, 6) is 0. The Hall–Kier alpha value is -0.530. The number of hydrogen-bond acceptors (Lipinski definition) is 1. The first-order valence-electron chi connectivity index (χ1n) is 2.98. The fraction of sp³-hybridized carbons (Fsp3) is 0.125. The molecule has 0 aliphatic carbocycles. The van der Waals surface area contributed by atoms with Crippen LogP contribution in [0.1, 0.15) is 12.5 Å². The van der Waals surface area contributed by atoms with E-state index in [1.165, 1.54) is 0 Å². The molecule has 0 bridgehead atoms. The summed E-state index contributed by atoms with van der Waals surface area (Å²) >= 11 is 5.66. The van der Waals surface area contributed by atoms with Crippen LogP contribution in [0.25, 0.3) is 0 Å². The molecule has 0 aromatic heterocycles. The summed E-state index contributed by atoms with van der Waals surface area (Å²) in [6, 6.07) is 7.10. The van der Waals surface area contributed by atoms with Gasteiger partial charge in [-0.3, -0.25) is 0 Å². The SMILES string of the molecule is C[C](O)c1cccc(Cl)c1. The maximum atomic E-state index is 9.01. The molecule has 0 saturated heterocycles. The van der Waals surface area contributed by atoms with Gasteiger partial charge in [-0.15, -0.1) is 0 Å². The van der Waals surface area contributed by atoms with Crippen LogP contribution in [0.4, 0.5) is 0 Å². The first-order valence-corrected chi connectivity index (χ1v) is 3.36. The lowest BCUT2D eigenvalue weighted by atomic mass is 10.1.